The highest BCUT2D eigenvalue weighted by Gasteiger charge is 2.21. The van der Waals surface area contributed by atoms with Gasteiger partial charge in [0.05, 0.1) is 0 Å². The minimum Gasteiger partial charge on any atom is -0.0622 e. The van der Waals surface area contributed by atoms with Gasteiger partial charge < -0.3 is 0 Å². The van der Waals surface area contributed by atoms with E-state index in [0.717, 1.165) is 5.92 Å². The highest BCUT2D eigenvalue weighted by atomic mass is 14.3. The summed E-state index contributed by atoms with van der Waals surface area (Å²) < 4.78 is 0. The second-order valence-corrected chi connectivity index (χ2v) is 5.16. The van der Waals surface area contributed by atoms with Crippen LogP contribution in [-0.2, 0) is 6.42 Å². The fourth-order valence-electron chi connectivity index (χ4n) is 2.45. The van der Waals surface area contributed by atoms with Gasteiger partial charge in [0.1, 0.15) is 0 Å². The normalized spacial score (nSPS) is 14.9. The highest BCUT2D eigenvalue weighted by molar-refractivity contribution is 5.67. The van der Waals surface area contributed by atoms with Crippen molar-refractivity contribution < 1.29 is 0 Å². The van der Waals surface area contributed by atoms with Gasteiger partial charge in [0, 0.05) is 0 Å². The predicted molar refractivity (Wildman–Crippen MR) is 73.0 cm³/mol. The summed E-state index contributed by atoms with van der Waals surface area (Å²) in [5.74, 6) is 0.969. The molecule has 0 aromatic heterocycles. The van der Waals surface area contributed by atoms with E-state index in [1.54, 1.807) is 0 Å². The standard InChI is InChI=1S/C17H18/c1-13-11-15(12-14-7-8-14)9-10-17(13)16-5-3-2-4-6-16/h2-6,9-11,14H,7-8,12H2,1H3. The smallest absolute Gasteiger partial charge is 0.0155 e. The molecule has 0 bridgehead atoms. The minimum atomic E-state index is 0.969. The van der Waals surface area contributed by atoms with Gasteiger partial charge in [-0.15, -0.1) is 0 Å². The first-order chi connectivity index (χ1) is 8.33. The Morgan fingerprint density at radius 2 is 1.76 bits per heavy atom. The Labute approximate surface area is 103 Å². The van der Waals surface area contributed by atoms with Crippen LogP contribution < -0.4 is 0 Å². The molecule has 0 radical (unpaired) electrons. The van der Waals surface area contributed by atoms with Crippen molar-refractivity contribution in [1.82, 2.24) is 0 Å². The topological polar surface area (TPSA) is 0 Å². The Morgan fingerprint density at radius 1 is 1.00 bits per heavy atom. The minimum absolute atomic E-state index is 0.969. The zero-order valence-corrected chi connectivity index (χ0v) is 10.3. The van der Waals surface area contributed by atoms with Gasteiger partial charge in [-0.05, 0) is 54.4 Å². The van der Waals surface area contributed by atoms with Crippen molar-refractivity contribution in [2.24, 2.45) is 5.92 Å². The van der Waals surface area contributed by atoms with Crippen molar-refractivity contribution in [2.45, 2.75) is 26.2 Å². The second kappa shape index (κ2) is 4.37. The molecule has 0 spiro atoms. The van der Waals surface area contributed by atoms with Crippen molar-refractivity contribution in [3.05, 3.63) is 59.7 Å². The van der Waals surface area contributed by atoms with Crippen LogP contribution in [-0.4, -0.2) is 0 Å². The van der Waals surface area contributed by atoms with E-state index in [9.17, 15) is 0 Å². The molecule has 0 nitrogen and oxygen atoms in total. The fourth-order valence-corrected chi connectivity index (χ4v) is 2.45. The average Bonchev–Trinajstić information content (AvgIpc) is 3.14. The quantitative estimate of drug-likeness (QED) is 0.711. The van der Waals surface area contributed by atoms with Gasteiger partial charge in [-0.3, -0.25) is 0 Å². The van der Waals surface area contributed by atoms with Crippen molar-refractivity contribution in [3.8, 4) is 11.1 Å². The molecule has 17 heavy (non-hydrogen) atoms. The van der Waals surface area contributed by atoms with Crippen molar-refractivity contribution in [1.29, 1.82) is 0 Å². The molecule has 0 heterocycles. The molecule has 0 saturated heterocycles. The third-order valence-corrected chi connectivity index (χ3v) is 3.60. The van der Waals surface area contributed by atoms with Crippen LogP contribution in [0.3, 0.4) is 0 Å². The molecule has 2 aromatic rings. The van der Waals surface area contributed by atoms with Crippen LogP contribution in [0.15, 0.2) is 48.5 Å². The molecule has 86 valence electrons. The summed E-state index contributed by atoms with van der Waals surface area (Å²) in [6.45, 7) is 2.22. The fraction of sp³-hybridized carbons (Fsp3) is 0.294. The number of benzene rings is 2. The van der Waals surface area contributed by atoms with E-state index in [0.29, 0.717) is 0 Å². The summed E-state index contributed by atoms with van der Waals surface area (Å²) in [5.41, 5.74) is 5.59. The lowest BCUT2D eigenvalue weighted by molar-refractivity contribution is 0.831. The third kappa shape index (κ3) is 2.41. The lowest BCUT2D eigenvalue weighted by Crippen LogP contribution is -1.90. The lowest BCUT2D eigenvalue weighted by atomic mass is 9.97. The summed E-state index contributed by atoms with van der Waals surface area (Å²) >= 11 is 0. The van der Waals surface area contributed by atoms with Gasteiger partial charge in [0.15, 0.2) is 0 Å². The molecule has 1 fully saturated rings. The molecule has 2 aromatic carbocycles. The van der Waals surface area contributed by atoms with Gasteiger partial charge in [0.25, 0.3) is 0 Å². The molecule has 1 aliphatic rings. The van der Waals surface area contributed by atoms with Gasteiger partial charge in [-0.1, -0.05) is 48.5 Å². The van der Waals surface area contributed by atoms with Crippen LogP contribution in [0, 0.1) is 12.8 Å². The molecule has 0 N–H and O–H groups in total. The predicted octanol–water partition coefficient (Wildman–Crippen LogP) is 4.61. The maximum atomic E-state index is 2.36. The molecule has 0 atom stereocenters. The van der Waals surface area contributed by atoms with Crippen LogP contribution >= 0.6 is 0 Å². The summed E-state index contributed by atoms with van der Waals surface area (Å²) in [4.78, 5) is 0. The lowest BCUT2D eigenvalue weighted by Gasteiger charge is -2.08. The van der Waals surface area contributed by atoms with E-state index in [4.69, 9.17) is 0 Å². The Bertz CT molecular complexity index is 507. The number of rotatable bonds is 3. The van der Waals surface area contributed by atoms with Crippen molar-refractivity contribution >= 4 is 0 Å². The second-order valence-electron chi connectivity index (χ2n) is 5.16. The van der Waals surface area contributed by atoms with Gasteiger partial charge in [-0.2, -0.15) is 0 Å². The Hall–Kier alpha value is -1.56. The Morgan fingerprint density at radius 3 is 2.41 bits per heavy atom. The van der Waals surface area contributed by atoms with E-state index >= 15 is 0 Å². The summed E-state index contributed by atoms with van der Waals surface area (Å²) in [6.07, 6.45) is 4.13. The SMILES string of the molecule is Cc1cc(CC2CC2)ccc1-c1ccccc1. The van der Waals surface area contributed by atoms with Crippen LogP contribution in [0.2, 0.25) is 0 Å². The van der Waals surface area contributed by atoms with E-state index in [1.807, 2.05) is 0 Å². The Kier molecular flexibility index (Phi) is 2.72. The average molecular weight is 222 g/mol. The van der Waals surface area contributed by atoms with Gasteiger partial charge in [0.2, 0.25) is 0 Å². The highest BCUT2D eigenvalue weighted by Crippen LogP contribution is 2.33. The molecule has 0 unspecified atom stereocenters. The Balaban J connectivity index is 1.90. The van der Waals surface area contributed by atoms with E-state index in [-0.39, 0.29) is 0 Å². The maximum absolute atomic E-state index is 2.36. The molecule has 0 aliphatic heterocycles. The van der Waals surface area contributed by atoms with Gasteiger partial charge in [-0.25, -0.2) is 0 Å². The van der Waals surface area contributed by atoms with Crippen LogP contribution in [0.5, 0.6) is 0 Å². The number of aryl methyl sites for hydroxylation is 1. The van der Waals surface area contributed by atoms with Crippen molar-refractivity contribution in [3.63, 3.8) is 0 Å². The molecular weight excluding hydrogens is 204 g/mol. The van der Waals surface area contributed by atoms with Crippen LogP contribution in [0.1, 0.15) is 24.0 Å². The molecule has 0 heteroatoms. The molecule has 0 amide bonds. The summed E-state index contributed by atoms with van der Waals surface area (Å²) in [7, 11) is 0. The first kappa shape index (κ1) is 10.6. The number of hydrogen-bond acceptors (Lipinski definition) is 0. The van der Waals surface area contributed by atoms with Crippen molar-refractivity contribution in [2.75, 3.05) is 0 Å². The number of hydrogen-bond donors (Lipinski definition) is 0. The third-order valence-electron chi connectivity index (χ3n) is 3.60. The monoisotopic (exact) mass is 222 g/mol. The van der Waals surface area contributed by atoms with Crippen LogP contribution in [0.4, 0.5) is 0 Å². The van der Waals surface area contributed by atoms with Gasteiger partial charge >= 0.3 is 0 Å². The maximum Gasteiger partial charge on any atom is -0.0155 e. The first-order valence-electron chi connectivity index (χ1n) is 6.48. The zero-order chi connectivity index (χ0) is 11.7. The van der Waals surface area contributed by atoms with Crippen LogP contribution in [0.25, 0.3) is 11.1 Å². The molecule has 3 rings (SSSR count). The molecular formula is C17H18. The first-order valence-corrected chi connectivity index (χ1v) is 6.48. The zero-order valence-electron chi connectivity index (χ0n) is 10.3. The molecule has 1 aliphatic carbocycles. The summed E-state index contributed by atoms with van der Waals surface area (Å²) in [5, 5.41) is 0. The largest absolute Gasteiger partial charge is 0.0622 e. The van der Waals surface area contributed by atoms with E-state index in [2.05, 4.69) is 55.5 Å². The molecule has 1 saturated carbocycles. The summed E-state index contributed by atoms with van der Waals surface area (Å²) in [6, 6.07) is 17.6. The van der Waals surface area contributed by atoms with E-state index in [1.165, 1.54) is 41.5 Å². The van der Waals surface area contributed by atoms with E-state index < -0.39 is 0 Å².